The summed E-state index contributed by atoms with van der Waals surface area (Å²) in [6.45, 7) is 1.18. The molecule has 0 atom stereocenters. The van der Waals surface area contributed by atoms with E-state index in [4.69, 9.17) is 27.3 Å². The molecule has 0 saturated carbocycles. The molecule has 0 aliphatic carbocycles. The molecule has 0 aliphatic rings. The van der Waals surface area contributed by atoms with Crippen LogP contribution in [-0.4, -0.2) is 37.6 Å². The summed E-state index contributed by atoms with van der Waals surface area (Å²) >= 11 is 5.88. The molecule has 2 N–H and O–H groups in total. The summed E-state index contributed by atoms with van der Waals surface area (Å²) in [6, 6.07) is 6.73. The maximum Gasteiger partial charge on any atom is 0.254 e. The smallest absolute Gasteiger partial charge is 0.254 e. The van der Waals surface area contributed by atoms with E-state index in [9.17, 15) is 4.79 Å². The summed E-state index contributed by atoms with van der Waals surface area (Å²) in [5.41, 5.74) is 6.51. The van der Waals surface area contributed by atoms with E-state index in [1.165, 1.54) is 0 Å². The number of nitrogens with two attached hydrogens (primary N) is 1. The van der Waals surface area contributed by atoms with E-state index in [1.54, 1.807) is 30.2 Å². The Hall–Kier alpha value is -1.77. The molecular weight excluding hydrogens is 266 g/mol. The monoisotopic (exact) mass is 281 g/mol. The van der Waals surface area contributed by atoms with E-state index >= 15 is 0 Å². The first-order chi connectivity index (χ1) is 9.08. The molecule has 0 radical (unpaired) electrons. The molecule has 0 aromatic heterocycles. The summed E-state index contributed by atoms with van der Waals surface area (Å²) in [5, 5.41) is 9.03. The Labute approximate surface area is 117 Å². The van der Waals surface area contributed by atoms with Crippen LogP contribution in [0.3, 0.4) is 0 Å². The van der Waals surface area contributed by atoms with Crippen LogP contribution in [0.1, 0.15) is 16.8 Å². The van der Waals surface area contributed by atoms with Crippen LogP contribution in [0.15, 0.2) is 18.2 Å². The molecule has 0 saturated heterocycles. The van der Waals surface area contributed by atoms with Gasteiger partial charge in [-0.25, -0.2) is 0 Å². The topological polar surface area (TPSA) is 79.3 Å². The zero-order valence-corrected chi connectivity index (χ0v) is 11.5. The highest BCUT2D eigenvalue weighted by molar-refractivity contribution is 6.31. The van der Waals surface area contributed by atoms with Crippen molar-refractivity contribution >= 4 is 23.2 Å². The molecule has 0 unspecified atom stereocenters. The number of nitrogen functional groups attached to an aromatic ring is 1. The van der Waals surface area contributed by atoms with E-state index in [1.807, 2.05) is 6.07 Å². The van der Waals surface area contributed by atoms with Crippen LogP contribution < -0.4 is 5.73 Å². The Morgan fingerprint density at radius 3 is 2.79 bits per heavy atom. The third-order valence-electron chi connectivity index (χ3n) is 2.51. The number of nitriles is 1. The number of methoxy groups -OCH3 is 1. The van der Waals surface area contributed by atoms with E-state index in [-0.39, 0.29) is 12.3 Å². The highest BCUT2D eigenvalue weighted by Gasteiger charge is 2.16. The van der Waals surface area contributed by atoms with Gasteiger partial charge in [-0.3, -0.25) is 4.79 Å². The molecule has 102 valence electrons. The summed E-state index contributed by atoms with van der Waals surface area (Å²) in [6.07, 6.45) is 0.269. The van der Waals surface area contributed by atoms with Gasteiger partial charge in [0.2, 0.25) is 0 Å². The Kier molecular flexibility index (Phi) is 6.13. The number of rotatable bonds is 6. The molecule has 1 aromatic carbocycles. The van der Waals surface area contributed by atoms with Crippen LogP contribution in [0, 0.1) is 11.3 Å². The first-order valence-electron chi connectivity index (χ1n) is 5.79. The van der Waals surface area contributed by atoms with Gasteiger partial charge in [0.15, 0.2) is 0 Å². The molecule has 0 heterocycles. The molecule has 1 rings (SSSR count). The second kappa shape index (κ2) is 7.62. The van der Waals surface area contributed by atoms with Gasteiger partial charge < -0.3 is 15.4 Å². The SMILES string of the molecule is COCCN(CCC#N)C(=O)c1cc(N)cc(Cl)c1. The van der Waals surface area contributed by atoms with Crippen molar-refractivity contribution in [3.8, 4) is 6.07 Å². The number of halogens is 1. The number of carbonyl (C=O) groups excluding carboxylic acids is 1. The molecule has 0 fully saturated rings. The third kappa shape index (κ3) is 4.78. The number of hydrogen-bond acceptors (Lipinski definition) is 4. The summed E-state index contributed by atoms with van der Waals surface area (Å²) < 4.78 is 4.96. The lowest BCUT2D eigenvalue weighted by Gasteiger charge is -2.21. The number of ether oxygens (including phenoxy) is 1. The van der Waals surface area contributed by atoms with Gasteiger partial charge in [-0.2, -0.15) is 5.26 Å². The van der Waals surface area contributed by atoms with Crippen LogP contribution in [-0.2, 0) is 4.74 Å². The number of anilines is 1. The molecule has 0 aliphatic heterocycles. The molecule has 6 heteroatoms. The Morgan fingerprint density at radius 2 is 2.21 bits per heavy atom. The van der Waals surface area contributed by atoms with Gasteiger partial charge >= 0.3 is 0 Å². The lowest BCUT2D eigenvalue weighted by molar-refractivity contribution is 0.0700. The van der Waals surface area contributed by atoms with Crippen LogP contribution in [0.2, 0.25) is 5.02 Å². The van der Waals surface area contributed by atoms with Crippen molar-refractivity contribution in [2.45, 2.75) is 6.42 Å². The van der Waals surface area contributed by atoms with Crippen LogP contribution >= 0.6 is 11.6 Å². The highest BCUT2D eigenvalue weighted by atomic mass is 35.5. The first kappa shape index (κ1) is 15.3. The standard InChI is InChI=1S/C13H16ClN3O2/c1-19-6-5-17(4-2-3-15)13(18)10-7-11(14)9-12(16)8-10/h7-9H,2,4-6,16H2,1H3. The van der Waals surface area contributed by atoms with Crippen molar-refractivity contribution in [2.75, 3.05) is 32.5 Å². The first-order valence-corrected chi connectivity index (χ1v) is 6.17. The molecule has 19 heavy (non-hydrogen) atoms. The van der Waals surface area contributed by atoms with Gasteiger partial charge in [0.1, 0.15) is 0 Å². The van der Waals surface area contributed by atoms with Crippen molar-refractivity contribution in [1.82, 2.24) is 4.90 Å². The second-order valence-corrected chi connectivity index (χ2v) is 4.40. The maximum absolute atomic E-state index is 12.3. The highest BCUT2D eigenvalue weighted by Crippen LogP contribution is 2.18. The fourth-order valence-electron chi connectivity index (χ4n) is 1.62. The maximum atomic E-state index is 12.3. The molecule has 5 nitrogen and oxygen atoms in total. The van der Waals surface area contributed by atoms with Crippen molar-refractivity contribution in [1.29, 1.82) is 5.26 Å². The van der Waals surface area contributed by atoms with E-state index < -0.39 is 0 Å². The van der Waals surface area contributed by atoms with Crippen LogP contribution in [0.4, 0.5) is 5.69 Å². The second-order valence-electron chi connectivity index (χ2n) is 3.97. The van der Waals surface area contributed by atoms with E-state index in [0.717, 1.165) is 0 Å². The summed E-state index contributed by atoms with van der Waals surface area (Å²) in [7, 11) is 1.56. The quantitative estimate of drug-likeness (QED) is 0.808. The number of nitrogens with zero attached hydrogens (tertiary/aromatic N) is 2. The van der Waals surface area contributed by atoms with E-state index in [2.05, 4.69) is 0 Å². The number of benzene rings is 1. The fourth-order valence-corrected chi connectivity index (χ4v) is 1.86. The third-order valence-corrected chi connectivity index (χ3v) is 2.73. The molecular formula is C13H16ClN3O2. The van der Waals surface area contributed by atoms with Gasteiger partial charge in [0, 0.05) is 36.5 Å². The number of carbonyl (C=O) groups is 1. The average molecular weight is 282 g/mol. The normalized spacial score (nSPS) is 9.95. The van der Waals surface area contributed by atoms with Crippen LogP contribution in [0.5, 0.6) is 0 Å². The summed E-state index contributed by atoms with van der Waals surface area (Å²) in [5.74, 6) is -0.207. The minimum atomic E-state index is -0.207. The predicted octanol–water partition coefficient (Wildman–Crippen LogP) is 1.92. The fraction of sp³-hybridized carbons (Fsp3) is 0.385. The zero-order chi connectivity index (χ0) is 14.3. The molecule has 0 bridgehead atoms. The lowest BCUT2D eigenvalue weighted by Crippen LogP contribution is -2.34. The number of amides is 1. The average Bonchev–Trinajstić information content (AvgIpc) is 2.37. The Balaban J connectivity index is 2.87. The van der Waals surface area contributed by atoms with Gasteiger partial charge in [0.25, 0.3) is 5.91 Å². The lowest BCUT2D eigenvalue weighted by atomic mass is 10.1. The zero-order valence-electron chi connectivity index (χ0n) is 10.7. The minimum absolute atomic E-state index is 0.207. The van der Waals surface area contributed by atoms with Gasteiger partial charge in [-0.1, -0.05) is 11.6 Å². The van der Waals surface area contributed by atoms with Gasteiger partial charge in [-0.05, 0) is 18.2 Å². The van der Waals surface area contributed by atoms with Crippen molar-refractivity contribution < 1.29 is 9.53 Å². The van der Waals surface area contributed by atoms with Gasteiger partial charge in [0.05, 0.1) is 19.1 Å². The van der Waals surface area contributed by atoms with Crippen molar-refractivity contribution in [3.63, 3.8) is 0 Å². The minimum Gasteiger partial charge on any atom is -0.399 e. The summed E-state index contributed by atoms with van der Waals surface area (Å²) in [4.78, 5) is 13.9. The largest absolute Gasteiger partial charge is 0.399 e. The van der Waals surface area contributed by atoms with E-state index in [0.29, 0.717) is 36.0 Å². The predicted molar refractivity (Wildman–Crippen MR) is 73.9 cm³/mol. The Morgan fingerprint density at radius 1 is 1.47 bits per heavy atom. The van der Waals surface area contributed by atoms with Gasteiger partial charge in [-0.15, -0.1) is 0 Å². The van der Waals surface area contributed by atoms with Crippen molar-refractivity contribution in [2.24, 2.45) is 0 Å². The molecule has 1 amide bonds. The number of hydrogen-bond donors (Lipinski definition) is 1. The Bertz CT molecular complexity index is 465. The molecule has 1 aromatic rings. The van der Waals surface area contributed by atoms with Crippen LogP contribution in [0.25, 0.3) is 0 Å². The molecule has 0 spiro atoms. The van der Waals surface area contributed by atoms with Crippen molar-refractivity contribution in [3.05, 3.63) is 28.8 Å².